The lowest BCUT2D eigenvalue weighted by Crippen LogP contribution is -2.22. The lowest BCUT2D eigenvalue weighted by molar-refractivity contribution is -0.137. The van der Waals surface area contributed by atoms with Crippen LogP contribution in [0.5, 0.6) is 0 Å². The molecule has 4 atom stereocenters. The number of Topliss-reactive ketones (excluding diaryl/α,β-unsaturated/α-hetero) is 1. The first-order valence-electron chi connectivity index (χ1n) is 10.1. The molecule has 146 valence electrons. The van der Waals surface area contributed by atoms with E-state index in [9.17, 15) is 19.8 Å². The maximum absolute atomic E-state index is 12.2. The van der Waals surface area contributed by atoms with E-state index in [1.54, 1.807) is 0 Å². The fourth-order valence-electron chi connectivity index (χ4n) is 3.94. The molecular weight excluding hydrogens is 320 g/mol. The van der Waals surface area contributed by atoms with Crippen molar-refractivity contribution in [2.75, 3.05) is 0 Å². The van der Waals surface area contributed by atoms with Gasteiger partial charge in [-0.25, -0.2) is 0 Å². The molecule has 1 fully saturated rings. The third kappa shape index (κ3) is 8.82. The summed E-state index contributed by atoms with van der Waals surface area (Å²) in [6.45, 7) is 2.14. The van der Waals surface area contributed by atoms with Gasteiger partial charge in [-0.2, -0.15) is 0 Å². The number of carbonyl (C=O) groups is 2. The van der Waals surface area contributed by atoms with Gasteiger partial charge in [-0.3, -0.25) is 9.59 Å². The number of rotatable bonds is 14. The van der Waals surface area contributed by atoms with Crippen molar-refractivity contribution in [3.05, 3.63) is 0 Å². The van der Waals surface area contributed by atoms with Gasteiger partial charge in [-0.1, -0.05) is 45.4 Å². The van der Waals surface area contributed by atoms with Gasteiger partial charge in [0.1, 0.15) is 5.78 Å². The fraction of sp³-hybridized carbons (Fsp3) is 0.900. The SMILES string of the molecule is CCCCC[C@H](O)CC[C@H]1[C@@H](O)CC(=O)[C@@H]1CCCCCCC(=O)O. The van der Waals surface area contributed by atoms with Crippen molar-refractivity contribution in [3.63, 3.8) is 0 Å². The molecule has 0 aromatic rings. The van der Waals surface area contributed by atoms with Gasteiger partial charge in [0.25, 0.3) is 0 Å². The number of hydrogen-bond donors (Lipinski definition) is 3. The smallest absolute Gasteiger partial charge is 0.303 e. The number of aliphatic hydroxyl groups excluding tert-OH is 2. The first-order valence-corrected chi connectivity index (χ1v) is 10.1. The van der Waals surface area contributed by atoms with Crippen molar-refractivity contribution < 1.29 is 24.9 Å². The van der Waals surface area contributed by atoms with Crippen molar-refractivity contribution >= 4 is 11.8 Å². The van der Waals surface area contributed by atoms with E-state index in [0.717, 1.165) is 51.4 Å². The van der Waals surface area contributed by atoms with E-state index < -0.39 is 12.1 Å². The van der Waals surface area contributed by atoms with Crippen LogP contribution in [0.25, 0.3) is 0 Å². The molecule has 3 N–H and O–H groups in total. The third-order valence-electron chi connectivity index (χ3n) is 5.46. The van der Waals surface area contributed by atoms with Gasteiger partial charge in [-0.05, 0) is 38.0 Å². The van der Waals surface area contributed by atoms with Gasteiger partial charge in [0.2, 0.25) is 0 Å². The second-order valence-corrected chi connectivity index (χ2v) is 7.58. The molecule has 0 spiro atoms. The molecule has 0 saturated heterocycles. The van der Waals surface area contributed by atoms with Crippen molar-refractivity contribution in [3.8, 4) is 0 Å². The normalized spacial score (nSPS) is 24.6. The average molecular weight is 357 g/mol. The monoisotopic (exact) mass is 356 g/mol. The Balaban J connectivity index is 2.30. The Bertz CT molecular complexity index is 396. The van der Waals surface area contributed by atoms with Crippen LogP contribution in [0.1, 0.15) is 90.4 Å². The van der Waals surface area contributed by atoms with Crippen molar-refractivity contribution in [1.29, 1.82) is 0 Å². The summed E-state index contributed by atoms with van der Waals surface area (Å²) in [6, 6.07) is 0. The Morgan fingerprint density at radius 3 is 2.48 bits per heavy atom. The summed E-state index contributed by atoms with van der Waals surface area (Å²) >= 11 is 0. The van der Waals surface area contributed by atoms with Gasteiger partial charge in [0, 0.05) is 18.8 Å². The zero-order valence-corrected chi connectivity index (χ0v) is 15.7. The van der Waals surface area contributed by atoms with E-state index >= 15 is 0 Å². The maximum atomic E-state index is 12.2. The maximum Gasteiger partial charge on any atom is 0.303 e. The van der Waals surface area contributed by atoms with Crippen molar-refractivity contribution in [1.82, 2.24) is 0 Å². The molecule has 1 rings (SSSR count). The number of unbranched alkanes of at least 4 members (excludes halogenated alkanes) is 5. The van der Waals surface area contributed by atoms with Crippen LogP contribution in [0.3, 0.4) is 0 Å². The second-order valence-electron chi connectivity index (χ2n) is 7.58. The van der Waals surface area contributed by atoms with Crippen LogP contribution in [0.15, 0.2) is 0 Å². The first kappa shape index (κ1) is 22.1. The molecule has 1 aliphatic rings. The molecule has 0 radical (unpaired) electrons. The van der Waals surface area contributed by atoms with Crippen LogP contribution in [0, 0.1) is 11.8 Å². The molecule has 5 heteroatoms. The Hall–Kier alpha value is -0.940. The topological polar surface area (TPSA) is 94.8 Å². The van der Waals surface area contributed by atoms with E-state index in [4.69, 9.17) is 5.11 Å². The predicted octanol–water partition coefficient (Wildman–Crippen LogP) is 3.70. The highest BCUT2D eigenvalue weighted by atomic mass is 16.4. The Labute approximate surface area is 151 Å². The highest BCUT2D eigenvalue weighted by Gasteiger charge is 2.40. The molecule has 5 nitrogen and oxygen atoms in total. The highest BCUT2D eigenvalue weighted by Crippen LogP contribution is 2.36. The minimum atomic E-state index is -0.758. The van der Waals surface area contributed by atoms with Gasteiger partial charge in [-0.15, -0.1) is 0 Å². The molecule has 0 aromatic heterocycles. The van der Waals surface area contributed by atoms with Crippen molar-refractivity contribution in [2.24, 2.45) is 11.8 Å². The molecule has 0 amide bonds. The molecule has 0 unspecified atom stereocenters. The van der Waals surface area contributed by atoms with Crippen LogP contribution in [-0.2, 0) is 9.59 Å². The number of carboxylic acids is 1. The van der Waals surface area contributed by atoms with E-state index in [1.807, 2.05) is 0 Å². The van der Waals surface area contributed by atoms with Gasteiger partial charge < -0.3 is 15.3 Å². The minimum absolute atomic E-state index is 0.0210. The number of hydrogen-bond acceptors (Lipinski definition) is 4. The van der Waals surface area contributed by atoms with E-state index in [2.05, 4.69) is 6.92 Å². The largest absolute Gasteiger partial charge is 0.481 e. The minimum Gasteiger partial charge on any atom is -0.481 e. The second kappa shape index (κ2) is 12.4. The summed E-state index contributed by atoms with van der Waals surface area (Å²) in [7, 11) is 0. The van der Waals surface area contributed by atoms with Gasteiger partial charge >= 0.3 is 5.97 Å². The highest BCUT2D eigenvalue weighted by molar-refractivity contribution is 5.84. The number of aliphatic carboxylic acids is 1. The first-order chi connectivity index (χ1) is 12.0. The zero-order valence-electron chi connectivity index (χ0n) is 15.7. The quantitative estimate of drug-likeness (QED) is 0.413. The van der Waals surface area contributed by atoms with E-state index in [0.29, 0.717) is 19.3 Å². The molecule has 0 heterocycles. The fourth-order valence-corrected chi connectivity index (χ4v) is 3.94. The third-order valence-corrected chi connectivity index (χ3v) is 5.46. The van der Waals surface area contributed by atoms with Crippen molar-refractivity contribution in [2.45, 2.75) is 103 Å². The lowest BCUT2D eigenvalue weighted by Gasteiger charge is -2.22. The predicted molar refractivity (Wildman–Crippen MR) is 97.3 cm³/mol. The molecule has 25 heavy (non-hydrogen) atoms. The molecule has 0 aliphatic heterocycles. The Morgan fingerprint density at radius 2 is 1.80 bits per heavy atom. The number of carboxylic acid groups (broad SMARTS) is 1. The van der Waals surface area contributed by atoms with Crippen LogP contribution in [-0.4, -0.2) is 39.3 Å². The van der Waals surface area contributed by atoms with E-state index in [1.165, 1.54) is 0 Å². The molecule has 0 bridgehead atoms. The summed E-state index contributed by atoms with van der Waals surface area (Å²) < 4.78 is 0. The van der Waals surface area contributed by atoms with Crippen LogP contribution in [0.4, 0.5) is 0 Å². The molecule has 1 aliphatic carbocycles. The summed E-state index contributed by atoms with van der Waals surface area (Å²) in [5, 5.41) is 28.9. The number of ketones is 1. The Kier molecular flexibility index (Phi) is 11.0. The summed E-state index contributed by atoms with van der Waals surface area (Å²) in [5.74, 6) is -0.708. The Morgan fingerprint density at radius 1 is 1.08 bits per heavy atom. The van der Waals surface area contributed by atoms with Crippen LogP contribution < -0.4 is 0 Å². The van der Waals surface area contributed by atoms with Gasteiger partial charge in [0.05, 0.1) is 12.2 Å². The lowest BCUT2D eigenvalue weighted by atomic mass is 9.85. The number of aliphatic hydroxyl groups is 2. The summed E-state index contributed by atoms with van der Waals surface area (Å²) in [4.78, 5) is 22.6. The van der Waals surface area contributed by atoms with E-state index in [-0.39, 0.29) is 36.6 Å². The molecule has 0 aromatic carbocycles. The number of carbonyl (C=O) groups excluding carboxylic acids is 1. The van der Waals surface area contributed by atoms with Crippen LogP contribution in [0.2, 0.25) is 0 Å². The molecule has 1 saturated carbocycles. The van der Waals surface area contributed by atoms with Crippen LogP contribution >= 0.6 is 0 Å². The molecular formula is C20H36O5. The zero-order chi connectivity index (χ0) is 18.7. The van der Waals surface area contributed by atoms with Gasteiger partial charge in [0.15, 0.2) is 0 Å². The standard InChI is InChI=1S/C20H36O5/c1-2-3-6-9-15(21)12-13-17-16(18(22)14-19(17)23)10-7-4-5-8-11-20(24)25/h15-17,19,21,23H,2-14H2,1H3,(H,24,25)/t15-,16+,17+,19-/m0/s1. The average Bonchev–Trinajstić information content (AvgIpc) is 2.82. The summed E-state index contributed by atoms with van der Waals surface area (Å²) in [6.07, 6.45) is 9.21. The summed E-state index contributed by atoms with van der Waals surface area (Å²) in [5.41, 5.74) is 0.